The first-order valence-electron chi connectivity index (χ1n) is 7.76. The molecule has 2 aromatic rings. The number of nitrogen functional groups attached to an aromatic ring is 1. The van der Waals surface area contributed by atoms with Gasteiger partial charge in [-0.1, -0.05) is 24.3 Å². The van der Waals surface area contributed by atoms with E-state index in [9.17, 15) is 18.0 Å². The number of carbonyl (C=O) groups is 1. The molecule has 1 amide bonds. The van der Waals surface area contributed by atoms with E-state index < -0.39 is 11.7 Å². The van der Waals surface area contributed by atoms with Crippen LogP contribution in [0, 0.1) is 0 Å². The molecule has 0 fully saturated rings. The number of halogens is 4. The van der Waals surface area contributed by atoms with E-state index in [1.54, 1.807) is 6.07 Å². The molecule has 0 unspecified atom stereocenters. The fourth-order valence-corrected chi connectivity index (χ4v) is 2.22. The van der Waals surface area contributed by atoms with E-state index in [2.05, 4.69) is 5.32 Å². The van der Waals surface area contributed by atoms with Crippen molar-refractivity contribution in [2.45, 2.75) is 19.0 Å². The molecular weight excluding hydrogens is 369 g/mol. The fraction of sp³-hybridized carbons (Fsp3) is 0.278. The minimum absolute atomic E-state index is 0. The van der Waals surface area contributed by atoms with Gasteiger partial charge in [-0.2, -0.15) is 13.2 Å². The molecule has 0 bridgehead atoms. The fourth-order valence-electron chi connectivity index (χ4n) is 2.22. The van der Waals surface area contributed by atoms with Crippen LogP contribution in [0.1, 0.15) is 17.5 Å². The lowest BCUT2D eigenvalue weighted by Gasteiger charge is -2.11. The number of rotatable bonds is 7. The van der Waals surface area contributed by atoms with Gasteiger partial charge in [0, 0.05) is 12.1 Å². The van der Waals surface area contributed by atoms with Gasteiger partial charge in [-0.3, -0.25) is 4.79 Å². The Balaban J connectivity index is 0.00000338. The normalized spacial score (nSPS) is 10.7. The molecule has 8 heteroatoms. The van der Waals surface area contributed by atoms with Crippen molar-refractivity contribution in [1.29, 1.82) is 0 Å². The molecule has 0 aromatic heterocycles. The van der Waals surface area contributed by atoms with Crippen LogP contribution in [-0.2, 0) is 17.4 Å². The number of para-hydroxylation sites is 1. The van der Waals surface area contributed by atoms with Crippen molar-refractivity contribution in [2.24, 2.45) is 0 Å². The maximum atomic E-state index is 12.6. The first kappa shape index (κ1) is 21.6. The molecule has 0 saturated carbocycles. The predicted octanol–water partition coefficient (Wildman–Crippen LogP) is 3.84. The van der Waals surface area contributed by atoms with E-state index >= 15 is 0 Å². The summed E-state index contributed by atoms with van der Waals surface area (Å²) in [6, 6.07) is 11.9. The zero-order valence-corrected chi connectivity index (χ0v) is 14.7. The standard InChI is InChI=1S/C18H19F3N2O2.ClH/c19-18(20,21)14-5-3-6-15(12-14)25-11-10-23-17(24)9-8-13-4-1-2-7-16(13)22;/h1-7,12H,8-11,22H2,(H,23,24);1H. The van der Waals surface area contributed by atoms with Gasteiger partial charge in [0.2, 0.25) is 5.91 Å². The average Bonchev–Trinajstić information content (AvgIpc) is 2.57. The number of hydrogen-bond acceptors (Lipinski definition) is 3. The molecule has 0 atom stereocenters. The molecular formula is C18H20ClF3N2O2. The predicted molar refractivity (Wildman–Crippen MR) is 96.4 cm³/mol. The number of nitrogens with two attached hydrogens (primary N) is 1. The Hall–Kier alpha value is -2.41. The number of amides is 1. The zero-order valence-electron chi connectivity index (χ0n) is 13.9. The Morgan fingerprint density at radius 1 is 1.12 bits per heavy atom. The van der Waals surface area contributed by atoms with Gasteiger partial charge in [-0.25, -0.2) is 0 Å². The lowest BCUT2D eigenvalue weighted by atomic mass is 10.1. The Labute approximate surface area is 155 Å². The molecule has 0 spiro atoms. The molecule has 26 heavy (non-hydrogen) atoms. The number of alkyl halides is 3. The SMILES string of the molecule is Cl.Nc1ccccc1CCC(=O)NCCOc1cccc(C(F)(F)F)c1. The minimum atomic E-state index is -4.41. The van der Waals surface area contributed by atoms with E-state index in [1.807, 2.05) is 18.2 Å². The summed E-state index contributed by atoms with van der Waals surface area (Å²) < 4.78 is 43.0. The Morgan fingerprint density at radius 2 is 1.85 bits per heavy atom. The molecule has 4 nitrogen and oxygen atoms in total. The van der Waals surface area contributed by atoms with Crippen LogP contribution in [0.25, 0.3) is 0 Å². The van der Waals surface area contributed by atoms with Crippen LogP contribution in [0.15, 0.2) is 48.5 Å². The van der Waals surface area contributed by atoms with Gasteiger partial charge in [0.25, 0.3) is 0 Å². The number of hydrogen-bond donors (Lipinski definition) is 2. The summed E-state index contributed by atoms with van der Waals surface area (Å²) in [6.45, 7) is 0.292. The molecule has 0 heterocycles. The molecule has 0 saturated heterocycles. The lowest BCUT2D eigenvalue weighted by Crippen LogP contribution is -2.28. The molecule has 0 aliphatic rings. The number of nitrogens with one attached hydrogen (secondary N) is 1. The van der Waals surface area contributed by atoms with Gasteiger partial charge in [-0.15, -0.1) is 12.4 Å². The monoisotopic (exact) mass is 388 g/mol. The summed E-state index contributed by atoms with van der Waals surface area (Å²) in [7, 11) is 0. The van der Waals surface area contributed by atoms with Crippen LogP contribution < -0.4 is 15.8 Å². The topological polar surface area (TPSA) is 64.4 Å². The minimum Gasteiger partial charge on any atom is -0.492 e. The smallest absolute Gasteiger partial charge is 0.416 e. The van der Waals surface area contributed by atoms with E-state index in [4.69, 9.17) is 10.5 Å². The van der Waals surface area contributed by atoms with Crippen LogP contribution in [-0.4, -0.2) is 19.1 Å². The third-order valence-corrected chi connectivity index (χ3v) is 3.53. The van der Waals surface area contributed by atoms with Gasteiger partial charge in [-0.05, 0) is 36.2 Å². The molecule has 3 N–H and O–H groups in total. The quantitative estimate of drug-likeness (QED) is 0.559. The van der Waals surface area contributed by atoms with Crippen LogP contribution >= 0.6 is 12.4 Å². The van der Waals surface area contributed by atoms with Gasteiger partial charge < -0.3 is 15.8 Å². The van der Waals surface area contributed by atoms with E-state index in [1.165, 1.54) is 12.1 Å². The van der Waals surface area contributed by atoms with Crippen LogP contribution in [0.4, 0.5) is 18.9 Å². The van der Waals surface area contributed by atoms with Crippen molar-refractivity contribution in [2.75, 3.05) is 18.9 Å². The van der Waals surface area contributed by atoms with Gasteiger partial charge in [0.15, 0.2) is 0 Å². The van der Waals surface area contributed by atoms with Crippen molar-refractivity contribution in [1.82, 2.24) is 5.32 Å². The molecule has 142 valence electrons. The second kappa shape index (κ2) is 9.91. The third kappa shape index (κ3) is 6.84. The van der Waals surface area contributed by atoms with Crippen molar-refractivity contribution in [3.63, 3.8) is 0 Å². The number of benzene rings is 2. The zero-order chi connectivity index (χ0) is 18.3. The maximum absolute atomic E-state index is 12.6. The number of ether oxygens (including phenoxy) is 1. The highest BCUT2D eigenvalue weighted by molar-refractivity contribution is 5.85. The van der Waals surface area contributed by atoms with Gasteiger partial charge >= 0.3 is 6.18 Å². The van der Waals surface area contributed by atoms with Gasteiger partial charge in [0.05, 0.1) is 12.1 Å². The summed E-state index contributed by atoms with van der Waals surface area (Å²) in [5, 5.41) is 2.66. The Bertz CT molecular complexity index is 724. The van der Waals surface area contributed by atoms with E-state index in [0.717, 1.165) is 17.7 Å². The van der Waals surface area contributed by atoms with Crippen molar-refractivity contribution < 1.29 is 22.7 Å². The first-order chi connectivity index (χ1) is 11.9. The summed E-state index contributed by atoms with van der Waals surface area (Å²) in [6.07, 6.45) is -3.61. The third-order valence-electron chi connectivity index (χ3n) is 3.53. The van der Waals surface area contributed by atoms with Gasteiger partial charge in [0.1, 0.15) is 12.4 Å². The molecule has 0 aliphatic heterocycles. The largest absolute Gasteiger partial charge is 0.492 e. The number of aryl methyl sites for hydroxylation is 1. The van der Waals surface area contributed by atoms with Crippen LogP contribution in [0.3, 0.4) is 0 Å². The van der Waals surface area contributed by atoms with Crippen molar-refractivity contribution in [3.05, 3.63) is 59.7 Å². The second-order valence-electron chi connectivity index (χ2n) is 5.42. The second-order valence-corrected chi connectivity index (χ2v) is 5.42. The van der Waals surface area contributed by atoms with Crippen molar-refractivity contribution in [3.8, 4) is 5.75 Å². The molecule has 0 aliphatic carbocycles. The number of carbonyl (C=O) groups excluding carboxylic acids is 1. The summed E-state index contributed by atoms with van der Waals surface area (Å²) >= 11 is 0. The highest BCUT2D eigenvalue weighted by Crippen LogP contribution is 2.31. The average molecular weight is 389 g/mol. The van der Waals surface area contributed by atoms with E-state index in [-0.39, 0.29) is 43.6 Å². The first-order valence-corrected chi connectivity index (χ1v) is 7.76. The highest BCUT2D eigenvalue weighted by atomic mass is 35.5. The summed E-state index contributed by atoms with van der Waals surface area (Å²) in [4.78, 5) is 11.8. The summed E-state index contributed by atoms with van der Waals surface area (Å²) in [5.41, 5.74) is 6.58. The van der Waals surface area contributed by atoms with E-state index in [0.29, 0.717) is 12.1 Å². The maximum Gasteiger partial charge on any atom is 0.416 e. The molecule has 0 radical (unpaired) electrons. The number of anilines is 1. The van der Waals surface area contributed by atoms with Crippen LogP contribution in [0.2, 0.25) is 0 Å². The Kier molecular flexibility index (Phi) is 8.25. The molecule has 2 rings (SSSR count). The molecule has 2 aromatic carbocycles. The van der Waals surface area contributed by atoms with Crippen LogP contribution in [0.5, 0.6) is 5.75 Å². The van der Waals surface area contributed by atoms with Crippen molar-refractivity contribution >= 4 is 24.0 Å². The highest BCUT2D eigenvalue weighted by Gasteiger charge is 2.30. The Morgan fingerprint density at radius 3 is 2.54 bits per heavy atom. The lowest BCUT2D eigenvalue weighted by molar-refractivity contribution is -0.137. The summed E-state index contributed by atoms with van der Waals surface area (Å²) in [5.74, 6) is -0.0583.